The van der Waals surface area contributed by atoms with E-state index < -0.39 is 5.91 Å². The highest BCUT2D eigenvalue weighted by atomic mass is 16.5. The summed E-state index contributed by atoms with van der Waals surface area (Å²) >= 11 is 0. The molecule has 1 aromatic carbocycles. The van der Waals surface area contributed by atoms with E-state index in [1.165, 1.54) is 17.2 Å². The molecule has 2 heterocycles. The van der Waals surface area contributed by atoms with Crippen LogP contribution in [0.2, 0.25) is 0 Å². The Morgan fingerprint density at radius 2 is 2.16 bits per heavy atom. The van der Waals surface area contributed by atoms with Gasteiger partial charge in [-0.2, -0.15) is 0 Å². The van der Waals surface area contributed by atoms with E-state index in [0.29, 0.717) is 12.3 Å². The summed E-state index contributed by atoms with van der Waals surface area (Å²) < 4.78 is 10.3. The van der Waals surface area contributed by atoms with Gasteiger partial charge in [-0.3, -0.25) is 14.5 Å². The molecule has 2 amide bonds. The Kier molecular flexibility index (Phi) is 4.70. The molecule has 0 N–H and O–H groups in total. The molecule has 130 valence electrons. The van der Waals surface area contributed by atoms with Crippen LogP contribution in [-0.4, -0.2) is 35.4 Å². The molecule has 2 aromatic rings. The third-order valence-corrected chi connectivity index (χ3v) is 4.27. The van der Waals surface area contributed by atoms with E-state index in [-0.39, 0.29) is 12.5 Å². The van der Waals surface area contributed by atoms with Crippen molar-refractivity contribution in [2.24, 2.45) is 0 Å². The number of benzene rings is 1. The van der Waals surface area contributed by atoms with Crippen LogP contribution in [0.4, 0.5) is 0 Å². The molecule has 3 rings (SSSR count). The molecule has 0 saturated heterocycles. The molecule has 0 atom stereocenters. The average Bonchev–Trinajstić information content (AvgIpc) is 2.96. The van der Waals surface area contributed by atoms with Crippen LogP contribution >= 0.6 is 0 Å². The van der Waals surface area contributed by atoms with Crippen LogP contribution in [0.5, 0.6) is 5.75 Å². The van der Waals surface area contributed by atoms with Gasteiger partial charge in [0.15, 0.2) is 0 Å². The summed E-state index contributed by atoms with van der Waals surface area (Å²) in [4.78, 5) is 30.6. The van der Waals surface area contributed by atoms with E-state index in [1.807, 2.05) is 32.0 Å². The van der Waals surface area contributed by atoms with E-state index in [4.69, 9.17) is 9.47 Å². The van der Waals surface area contributed by atoms with Crippen molar-refractivity contribution in [1.82, 2.24) is 9.88 Å². The van der Waals surface area contributed by atoms with Crippen molar-refractivity contribution in [3.63, 3.8) is 0 Å². The van der Waals surface area contributed by atoms with Crippen molar-refractivity contribution in [2.45, 2.75) is 26.8 Å². The molecule has 25 heavy (non-hydrogen) atoms. The number of hydrogen-bond acceptors (Lipinski definition) is 5. The zero-order valence-electron chi connectivity index (χ0n) is 14.5. The minimum atomic E-state index is -0.403. The monoisotopic (exact) mass is 340 g/mol. The topological polar surface area (TPSA) is 68.7 Å². The maximum Gasteiger partial charge on any atom is 0.280 e. The van der Waals surface area contributed by atoms with E-state index in [0.717, 1.165) is 34.2 Å². The number of aryl methyl sites for hydroxylation is 1. The SMILES string of the molecule is CCO/C=C/C(=O)N1Cc2c(nc3ccc(OC)cc3c2CC)C1=O. The number of pyridine rings is 1. The minimum Gasteiger partial charge on any atom is -0.501 e. The van der Waals surface area contributed by atoms with Crippen molar-refractivity contribution >= 4 is 22.7 Å². The molecule has 6 heteroatoms. The second-order valence-corrected chi connectivity index (χ2v) is 5.64. The molecule has 1 aromatic heterocycles. The van der Waals surface area contributed by atoms with Gasteiger partial charge in [0.05, 0.1) is 32.0 Å². The Morgan fingerprint density at radius 3 is 2.84 bits per heavy atom. The third-order valence-electron chi connectivity index (χ3n) is 4.27. The minimum absolute atomic E-state index is 0.229. The van der Waals surface area contributed by atoms with Gasteiger partial charge >= 0.3 is 0 Å². The quantitative estimate of drug-likeness (QED) is 0.618. The van der Waals surface area contributed by atoms with Crippen LogP contribution in [0.1, 0.15) is 35.5 Å². The number of imide groups is 1. The zero-order chi connectivity index (χ0) is 18.0. The number of aromatic nitrogens is 1. The summed E-state index contributed by atoms with van der Waals surface area (Å²) in [5, 5.41) is 0.951. The average molecular weight is 340 g/mol. The van der Waals surface area contributed by atoms with Crippen molar-refractivity contribution in [3.8, 4) is 5.75 Å². The van der Waals surface area contributed by atoms with Gasteiger partial charge in [-0.25, -0.2) is 4.98 Å². The largest absolute Gasteiger partial charge is 0.501 e. The summed E-state index contributed by atoms with van der Waals surface area (Å²) in [7, 11) is 1.61. The van der Waals surface area contributed by atoms with Crippen LogP contribution in [0, 0.1) is 0 Å². The predicted octanol–water partition coefficient (Wildman–Crippen LogP) is 2.84. The van der Waals surface area contributed by atoms with Gasteiger partial charge in [0.1, 0.15) is 11.4 Å². The van der Waals surface area contributed by atoms with Crippen LogP contribution in [-0.2, 0) is 22.5 Å². The number of carbonyl (C=O) groups is 2. The maximum absolute atomic E-state index is 12.6. The van der Waals surface area contributed by atoms with E-state index in [1.54, 1.807) is 7.11 Å². The van der Waals surface area contributed by atoms with Gasteiger partial charge in [0.2, 0.25) is 0 Å². The molecule has 0 unspecified atom stereocenters. The Balaban J connectivity index is 2.05. The Labute approximate surface area is 146 Å². The third kappa shape index (κ3) is 2.95. The normalized spacial score (nSPS) is 13.6. The Morgan fingerprint density at radius 1 is 1.36 bits per heavy atom. The second kappa shape index (κ2) is 6.93. The molecular formula is C19H20N2O4. The number of nitrogens with zero attached hydrogens (tertiary/aromatic N) is 2. The maximum atomic E-state index is 12.6. The number of hydrogen-bond donors (Lipinski definition) is 0. The molecule has 0 radical (unpaired) electrons. The van der Waals surface area contributed by atoms with Gasteiger partial charge in [-0.05, 0) is 37.1 Å². The summed E-state index contributed by atoms with van der Waals surface area (Å²) in [5.41, 5.74) is 2.92. The Hall–Kier alpha value is -2.89. The summed E-state index contributed by atoms with van der Waals surface area (Å²) in [6, 6.07) is 5.57. The van der Waals surface area contributed by atoms with E-state index in [2.05, 4.69) is 4.98 Å². The van der Waals surface area contributed by atoms with Crippen LogP contribution in [0.3, 0.4) is 0 Å². The fourth-order valence-electron chi connectivity index (χ4n) is 3.05. The lowest BCUT2D eigenvalue weighted by Crippen LogP contribution is -2.29. The number of methoxy groups -OCH3 is 1. The first-order valence-electron chi connectivity index (χ1n) is 8.24. The smallest absolute Gasteiger partial charge is 0.280 e. The van der Waals surface area contributed by atoms with E-state index >= 15 is 0 Å². The highest BCUT2D eigenvalue weighted by molar-refractivity contribution is 6.11. The predicted molar refractivity (Wildman–Crippen MR) is 93.3 cm³/mol. The van der Waals surface area contributed by atoms with Crippen molar-refractivity contribution < 1.29 is 19.1 Å². The van der Waals surface area contributed by atoms with Crippen LogP contribution in [0.15, 0.2) is 30.5 Å². The fourth-order valence-corrected chi connectivity index (χ4v) is 3.05. The van der Waals surface area contributed by atoms with Crippen LogP contribution < -0.4 is 4.74 Å². The highest BCUT2D eigenvalue weighted by Gasteiger charge is 2.34. The highest BCUT2D eigenvalue weighted by Crippen LogP contribution is 2.32. The van der Waals surface area contributed by atoms with Crippen LogP contribution in [0.25, 0.3) is 10.9 Å². The second-order valence-electron chi connectivity index (χ2n) is 5.64. The van der Waals surface area contributed by atoms with Gasteiger partial charge in [-0.15, -0.1) is 0 Å². The van der Waals surface area contributed by atoms with Crippen molar-refractivity contribution in [1.29, 1.82) is 0 Å². The van der Waals surface area contributed by atoms with E-state index in [9.17, 15) is 9.59 Å². The summed E-state index contributed by atoms with van der Waals surface area (Å²) in [6.45, 7) is 4.54. The zero-order valence-corrected chi connectivity index (χ0v) is 14.5. The first-order chi connectivity index (χ1) is 12.1. The van der Waals surface area contributed by atoms with Gasteiger partial charge in [-0.1, -0.05) is 6.92 Å². The summed E-state index contributed by atoms with van der Waals surface area (Å²) in [5.74, 6) is -0.0328. The van der Waals surface area contributed by atoms with Gasteiger partial charge in [0.25, 0.3) is 11.8 Å². The molecule has 0 fully saturated rings. The molecule has 0 aliphatic carbocycles. The first kappa shape index (κ1) is 17.0. The number of carbonyl (C=O) groups excluding carboxylic acids is 2. The Bertz CT molecular complexity index is 873. The molecule has 1 aliphatic heterocycles. The lowest BCUT2D eigenvalue weighted by molar-refractivity contribution is -0.123. The first-order valence-corrected chi connectivity index (χ1v) is 8.24. The molecule has 0 bridgehead atoms. The molecule has 1 aliphatic rings. The molecule has 0 saturated carbocycles. The van der Waals surface area contributed by atoms with Crippen molar-refractivity contribution in [3.05, 3.63) is 47.4 Å². The van der Waals surface area contributed by atoms with Gasteiger partial charge < -0.3 is 9.47 Å². The molecular weight excluding hydrogens is 320 g/mol. The number of rotatable bonds is 5. The lowest BCUT2D eigenvalue weighted by Gasteiger charge is -2.11. The number of amides is 2. The van der Waals surface area contributed by atoms with Crippen molar-refractivity contribution in [2.75, 3.05) is 13.7 Å². The molecule has 0 spiro atoms. The number of fused-ring (bicyclic) bond motifs is 2. The lowest BCUT2D eigenvalue weighted by atomic mass is 9.99. The fraction of sp³-hybridized carbons (Fsp3) is 0.316. The number of ether oxygens (including phenoxy) is 2. The molecule has 6 nitrogen and oxygen atoms in total. The standard InChI is InChI=1S/C19H20N2O4/c1-4-13-14-10-12(24-3)6-7-16(14)20-18-15(13)11-21(19(18)23)17(22)8-9-25-5-2/h6-10H,4-5,11H2,1-3H3/b9-8+. The van der Waals surface area contributed by atoms with Gasteiger partial charge in [0, 0.05) is 17.0 Å². The summed E-state index contributed by atoms with van der Waals surface area (Å²) in [6.07, 6.45) is 3.31.